The third-order valence-electron chi connectivity index (χ3n) is 5.50. The molecular formula is C24H28FN5O4Si. The van der Waals surface area contributed by atoms with E-state index in [1.165, 1.54) is 32.8 Å². The highest BCUT2D eigenvalue weighted by Crippen LogP contribution is 2.34. The Labute approximate surface area is 203 Å². The van der Waals surface area contributed by atoms with Crippen LogP contribution in [-0.2, 0) is 16.2 Å². The number of benzene rings is 1. The zero-order valence-electron chi connectivity index (χ0n) is 20.4. The molecule has 0 N–H and O–H groups in total. The molecule has 0 radical (unpaired) electrons. The van der Waals surface area contributed by atoms with Gasteiger partial charge in [-0.1, -0.05) is 25.7 Å². The maximum atomic E-state index is 14.8. The summed E-state index contributed by atoms with van der Waals surface area (Å²) in [7, 11) is 1.54. The SMILES string of the molecule is COC(=O)c1cn(-c2nn(COCC[Si](C)(C)C)c3cnc(-c4c(F)cccc4OC)cc23)cn1. The summed E-state index contributed by atoms with van der Waals surface area (Å²) in [5, 5.41) is 5.38. The molecule has 0 saturated carbocycles. The van der Waals surface area contributed by atoms with E-state index in [1.54, 1.807) is 33.6 Å². The molecule has 0 unspecified atom stereocenters. The molecule has 1 aromatic carbocycles. The van der Waals surface area contributed by atoms with Gasteiger partial charge in [0.25, 0.3) is 0 Å². The van der Waals surface area contributed by atoms with E-state index < -0.39 is 19.9 Å². The van der Waals surface area contributed by atoms with E-state index in [1.807, 2.05) is 0 Å². The van der Waals surface area contributed by atoms with Gasteiger partial charge < -0.3 is 14.2 Å². The molecular weight excluding hydrogens is 469 g/mol. The Bertz CT molecular complexity index is 1360. The van der Waals surface area contributed by atoms with Gasteiger partial charge >= 0.3 is 5.97 Å². The summed E-state index contributed by atoms with van der Waals surface area (Å²) >= 11 is 0. The largest absolute Gasteiger partial charge is 0.496 e. The second-order valence-corrected chi connectivity index (χ2v) is 14.9. The molecule has 0 spiro atoms. The zero-order chi connectivity index (χ0) is 25.2. The molecule has 35 heavy (non-hydrogen) atoms. The van der Waals surface area contributed by atoms with Gasteiger partial charge in [-0.2, -0.15) is 5.10 Å². The van der Waals surface area contributed by atoms with Crippen molar-refractivity contribution in [1.29, 1.82) is 0 Å². The van der Waals surface area contributed by atoms with Gasteiger partial charge in [0, 0.05) is 26.3 Å². The van der Waals surface area contributed by atoms with Crippen molar-refractivity contribution in [2.45, 2.75) is 32.4 Å². The summed E-state index contributed by atoms with van der Waals surface area (Å²) in [5.41, 5.74) is 1.48. The molecule has 0 saturated heterocycles. The van der Waals surface area contributed by atoms with E-state index in [9.17, 15) is 9.18 Å². The number of fused-ring (bicyclic) bond motifs is 1. The first-order chi connectivity index (χ1) is 16.7. The number of rotatable bonds is 9. The van der Waals surface area contributed by atoms with Gasteiger partial charge in [0.05, 0.1) is 37.2 Å². The van der Waals surface area contributed by atoms with E-state index in [0.717, 1.165) is 6.04 Å². The number of hydrogen-bond acceptors (Lipinski definition) is 7. The minimum absolute atomic E-state index is 0.145. The zero-order valence-corrected chi connectivity index (χ0v) is 21.4. The fourth-order valence-corrected chi connectivity index (χ4v) is 4.34. The van der Waals surface area contributed by atoms with Gasteiger partial charge in [0.15, 0.2) is 11.5 Å². The summed E-state index contributed by atoms with van der Waals surface area (Å²) in [6.45, 7) is 7.72. The smallest absolute Gasteiger partial charge is 0.358 e. The van der Waals surface area contributed by atoms with Crippen LogP contribution in [0.1, 0.15) is 10.5 Å². The molecule has 0 atom stereocenters. The van der Waals surface area contributed by atoms with E-state index in [-0.39, 0.29) is 18.0 Å². The van der Waals surface area contributed by atoms with Crippen LogP contribution >= 0.6 is 0 Å². The van der Waals surface area contributed by atoms with E-state index in [4.69, 9.17) is 19.3 Å². The van der Waals surface area contributed by atoms with Gasteiger partial charge in [0.2, 0.25) is 0 Å². The minimum atomic E-state index is -1.24. The molecule has 0 amide bonds. The number of esters is 1. The lowest BCUT2D eigenvalue weighted by Crippen LogP contribution is -2.22. The van der Waals surface area contributed by atoms with Gasteiger partial charge in [0.1, 0.15) is 24.6 Å². The van der Waals surface area contributed by atoms with Crippen LogP contribution in [0, 0.1) is 5.82 Å². The molecule has 0 aliphatic carbocycles. The molecule has 184 valence electrons. The van der Waals surface area contributed by atoms with Gasteiger partial charge in [-0.15, -0.1) is 0 Å². The second-order valence-electron chi connectivity index (χ2n) is 9.23. The van der Waals surface area contributed by atoms with Crippen LogP contribution in [0.4, 0.5) is 4.39 Å². The molecule has 0 aliphatic rings. The highest BCUT2D eigenvalue weighted by atomic mass is 28.3. The highest BCUT2D eigenvalue weighted by molar-refractivity contribution is 6.76. The molecule has 3 aromatic heterocycles. The van der Waals surface area contributed by atoms with Crippen molar-refractivity contribution in [3.8, 4) is 22.8 Å². The summed E-state index contributed by atoms with van der Waals surface area (Å²) in [5.74, 6) is -0.137. The number of carbonyl (C=O) groups excluding carboxylic acids is 1. The van der Waals surface area contributed by atoms with Crippen LogP contribution < -0.4 is 4.74 Å². The molecule has 0 aliphatic heterocycles. The third kappa shape index (κ3) is 5.25. The Kier molecular flexibility index (Phi) is 6.99. The molecule has 4 aromatic rings. The fraction of sp³-hybridized carbons (Fsp3) is 0.333. The molecule has 11 heteroatoms. The lowest BCUT2D eigenvalue weighted by atomic mass is 10.1. The molecule has 0 fully saturated rings. The topological polar surface area (TPSA) is 93.3 Å². The van der Waals surface area contributed by atoms with Crippen molar-refractivity contribution in [3.05, 3.63) is 54.5 Å². The first kappa shape index (κ1) is 24.5. The van der Waals surface area contributed by atoms with E-state index in [0.29, 0.717) is 34.8 Å². The van der Waals surface area contributed by atoms with Gasteiger partial charge in [-0.05, 0) is 24.2 Å². The number of ether oxygens (including phenoxy) is 3. The average Bonchev–Trinajstić information content (AvgIpc) is 3.45. The van der Waals surface area contributed by atoms with Crippen LogP contribution in [0.3, 0.4) is 0 Å². The Morgan fingerprint density at radius 3 is 2.69 bits per heavy atom. The summed E-state index contributed by atoms with van der Waals surface area (Å²) in [6.07, 6.45) is 4.65. The van der Waals surface area contributed by atoms with Crippen molar-refractivity contribution in [2.24, 2.45) is 0 Å². The third-order valence-corrected chi connectivity index (χ3v) is 7.20. The lowest BCUT2D eigenvalue weighted by Gasteiger charge is -2.15. The van der Waals surface area contributed by atoms with Crippen molar-refractivity contribution >= 4 is 24.9 Å². The quantitative estimate of drug-likeness (QED) is 0.191. The number of carbonyl (C=O) groups is 1. The monoisotopic (exact) mass is 497 g/mol. The minimum Gasteiger partial charge on any atom is -0.496 e. The first-order valence-corrected chi connectivity index (χ1v) is 14.8. The highest BCUT2D eigenvalue weighted by Gasteiger charge is 2.20. The lowest BCUT2D eigenvalue weighted by molar-refractivity contribution is 0.0594. The Hall–Kier alpha value is -3.57. The van der Waals surface area contributed by atoms with Crippen LogP contribution in [0.25, 0.3) is 28.0 Å². The second kappa shape index (κ2) is 9.96. The van der Waals surface area contributed by atoms with Gasteiger partial charge in [-0.3, -0.25) is 9.55 Å². The van der Waals surface area contributed by atoms with Gasteiger partial charge in [-0.25, -0.2) is 18.9 Å². The normalized spacial score (nSPS) is 11.7. The number of methoxy groups -OCH3 is 2. The number of aromatic nitrogens is 5. The maximum absolute atomic E-state index is 14.8. The Balaban J connectivity index is 1.79. The Morgan fingerprint density at radius 1 is 1.17 bits per heavy atom. The Morgan fingerprint density at radius 2 is 1.97 bits per heavy atom. The van der Waals surface area contributed by atoms with Crippen molar-refractivity contribution in [3.63, 3.8) is 0 Å². The summed E-state index contributed by atoms with van der Waals surface area (Å²) in [6, 6.07) is 7.39. The van der Waals surface area contributed by atoms with Crippen LogP contribution in [-0.4, -0.2) is 59.2 Å². The standard InChI is InChI=1S/C24H28FN5O4Si/c1-32-21-8-6-7-17(25)22(21)18-11-16-20(12-26-18)30(15-34-9-10-35(3,4)5)28-23(16)29-13-19(27-14-29)24(31)33-2/h6-8,11-14H,9-10,15H2,1-5H3. The number of nitrogens with zero attached hydrogens (tertiary/aromatic N) is 5. The van der Waals surface area contributed by atoms with Crippen LogP contribution in [0.2, 0.25) is 25.7 Å². The number of pyridine rings is 1. The van der Waals surface area contributed by atoms with Crippen LogP contribution in [0.15, 0.2) is 43.0 Å². The number of hydrogen-bond donors (Lipinski definition) is 0. The van der Waals surface area contributed by atoms with Crippen molar-refractivity contribution in [1.82, 2.24) is 24.3 Å². The maximum Gasteiger partial charge on any atom is 0.358 e. The molecule has 9 nitrogen and oxygen atoms in total. The van der Waals surface area contributed by atoms with Crippen molar-refractivity contribution in [2.75, 3.05) is 20.8 Å². The molecule has 4 rings (SSSR count). The molecule has 0 bridgehead atoms. The predicted molar refractivity (Wildman–Crippen MR) is 132 cm³/mol. The average molecular weight is 498 g/mol. The predicted octanol–water partition coefficient (Wildman–Crippen LogP) is 4.53. The number of halogens is 1. The molecule has 3 heterocycles. The van der Waals surface area contributed by atoms with Crippen molar-refractivity contribution < 1.29 is 23.4 Å². The fourth-order valence-electron chi connectivity index (χ4n) is 3.58. The van der Waals surface area contributed by atoms with E-state index >= 15 is 0 Å². The summed E-state index contributed by atoms with van der Waals surface area (Å²) < 4.78 is 34.1. The number of imidazole rings is 1. The summed E-state index contributed by atoms with van der Waals surface area (Å²) in [4.78, 5) is 20.5. The van der Waals surface area contributed by atoms with E-state index in [2.05, 4.69) is 29.6 Å². The van der Waals surface area contributed by atoms with Crippen LogP contribution in [0.5, 0.6) is 5.75 Å². The first-order valence-electron chi connectivity index (χ1n) is 11.1.